The first kappa shape index (κ1) is 17.9. The number of hydrogen-bond donors (Lipinski definition) is 1. The molecule has 1 nitrogen and oxygen atoms in total. The van der Waals surface area contributed by atoms with Crippen LogP contribution >= 0.6 is 0 Å². The molecule has 1 aliphatic rings. The summed E-state index contributed by atoms with van der Waals surface area (Å²) < 4.78 is 12.3. The van der Waals surface area contributed by atoms with Gasteiger partial charge in [-0.05, 0) is 44.2 Å². The Hall–Kier alpha value is -0.110. The number of hydrogen-bond acceptors (Lipinski definition) is 1. The Balaban J connectivity index is 0.00000137. The number of rotatable bonds is 8. The van der Waals surface area contributed by atoms with Crippen LogP contribution in [0.5, 0.6) is 0 Å². The van der Waals surface area contributed by atoms with Crippen molar-refractivity contribution in [1.82, 2.24) is 5.32 Å². The molecule has 0 aromatic carbocycles. The summed E-state index contributed by atoms with van der Waals surface area (Å²) in [7, 11) is 0. The van der Waals surface area contributed by atoms with E-state index in [1.54, 1.807) is 0 Å². The third-order valence-corrected chi connectivity index (χ3v) is 3.90. The molecule has 2 heteroatoms. The van der Waals surface area contributed by atoms with Crippen LogP contribution in [0, 0.1) is 11.8 Å². The highest BCUT2D eigenvalue weighted by molar-refractivity contribution is 4.69. The smallest absolute Gasteiger partial charge is 0.0897 e. The Kier molecular flexibility index (Phi) is 13.2. The van der Waals surface area contributed by atoms with E-state index in [1.165, 1.54) is 58.0 Å². The van der Waals surface area contributed by atoms with Gasteiger partial charge in [0.1, 0.15) is 0 Å². The first-order valence-corrected chi connectivity index (χ1v) is 8.13. The molecule has 0 radical (unpaired) electrons. The van der Waals surface area contributed by atoms with Gasteiger partial charge in [-0.3, -0.25) is 4.39 Å². The van der Waals surface area contributed by atoms with Gasteiger partial charge in [0.2, 0.25) is 0 Å². The quantitative estimate of drug-likeness (QED) is 0.649. The Bertz CT molecular complexity index is 149. The van der Waals surface area contributed by atoms with Gasteiger partial charge in [-0.1, -0.05) is 52.9 Å². The standard InChI is InChI=1S/C14H28FN.C2H6/c1-2-4-13(7-10-15)5-3-6-14-8-11-16-12-9-14;1-2/h13-14,16H,2-12H2,1H3;1-2H3. The van der Waals surface area contributed by atoms with Gasteiger partial charge < -0.3 is 5.32 Å². The second kappa shape index (κ2) is 13.3. The first-order chi connectivity index (χ1) is 8.86. The summed E-state index contributed by atoms with van der Waals surface area (Å²) in [4.78, 5) is 0. The van der Waals surface area contributed by atoms with Gasteiger partial charge in [-0.25, -0.2) is 0 Å². The Morgan fingerprint density at radius 1 is 1.11 bits per heavy atom. The molecule has 18 heavy (non-hydrogen) atoms. The number of alkyl halides is 1. The van der Waals surface area contributed by atoms with E-state index in [4.69, 9.17) is 0 Å². The summed E-state index contributed by atoms with van der Waals surface area (Å²) >= 11 is 0. The molecular weight excluding hydrogens is 225 g/mol. The summed E-state index contributed by atoms with van der Waals surface area (Å²) in [5, 5.41) is 3.40. The molecule has 1 fully saturated rings. The maximum atomic E-state index is 12.3. The summed E-state index contributed by atoms with van der Waals surface area (Å²) in [6, 6.07) is 0. The van der Waals surface area contributed by atoms with Crippen molar-refractivity contribution in [3.05, 3.63) is 0 Å². The topological polar surface area (TPSA) is 12.0 Å². The van der Waals surface area contributed by atoms with E-state index in [1.807, 2.05) is 13.8 Å². The van der Waals surface area contributed by atoms with Gasteiger partial charge in [0, 0.05) is 0 Å². The van der Waals surface area contributed by atoms with Crippen LogP contribution in [0.1, 0.15) is 72.1 Å². The van der Waals surface area contributed by atoms with E-state index in [0.717, 1.165) is 12.3 Å². The van der Waals surface area contributed by atoms with Crippen molar-refractivity contribution in [2.45, 2.75) is 72.1 Å². The summed E-state index contributed by atoms with van der Waals surface area (Å²) in [6.07, 6.45) is 9.85. The molecule has 0 aliphatic carbocycles. The monoisotopic (exact) mass is 259 g/mol. The molecule has 0 bridgehead atoms. The fourth-order valence-corrected chi connectivity index (χ4v) is 2.86. The van der Waals surface area contributed by atoms with Crippen LogP contribution in [0.3, 0.4) is 0 Å². The van der Waals surface area contributed by atoms with Crippen LogP contribution in [0.4, 0.5) is 4.39 Å². The minimum atomic E-state index is -0.127. The lowest BCUT2D eigenvalue weighted by atomic mass is 9.88. The molecule has 1 N–H and O–H groups in total. The van der Waals surface area contributed by atoms with Crippen LogP contribution in [-0.2, 0) is 0 Å². The molecule has 1 rings (SSSR count). The van der Waals surface area contributed by atoms with Crippen molar-refractivity contribution in [2.24, 2.45) is 11.8 Å². The van der Waals surface area contributed by atoms with Crippen molar-refractivity contribution in [3.8, 4) is 0 Å². The van der Waals surface area contributed by atoms with Gasteiger partial charge in [0.25, 0.3) is 0 Å². The van der Waals surface area contributed by atoms with Crippen molar-refractivity contribution in [3.63, 3.8) is 0 Å². The van der Waals surface area contributed by atoms with Crippen molar-refractivity contribution in [2.75, 3.05) is 19.8 Å². The van der Waals surface area contributed by atoms with E-state index in [-0.39, 0.29) is 6.67 Å². The van der Waals surface area contributed by atoms with Crippen LogP contribution in [0.15, 0.2) is 0 Å². The van der Waals surface area contributed by atoms with Crippen LogP contribution in [0.25, 0.3) is 0 Å². The average molecular weight is 259 g/mol. The molecule has 0 spiro atoms. The Morgan fingerprint density at radius 2 is 1.78 bits per heavy atom. The van der Waals surface area contributed by atoms with E-state index < -0.39 is 0 Å². The maximum Gasteiger partial charge on any atom is 0.0897 e. The minimum absolute atomic E-state index is 0.127. The zero-order chi connectivity index (χ0) is 13.6. The highest BCUT2D eigenvalue weighted by atomic mass is 19.1. The maximum absolute atomic E-state index is 12.3. The predicted molar refractivity (Wildman–Crippen MR) is 79.8 cm³/mol. The van der Waals surface area contributed by atoms with Gasteiger partial charge in [0.05, 0.1) is 6.67 Å². The van der Waals surface area contributed by atoms with E-state index in [9.17, 15) is 4.39 Å². The third-order valence-electron chi connectivity index (χ3n) is 3.90. The number of halogens is 1. The fraction of sp³-hybridized carbons (Fsp3) is 1.00. The molecular formula is C16H34FN. The van der Waals surface area contributed by atoms with Crippen LogP contribution < -0.4 is 5.32 Å². The zero-order valence-electron chi connectivity index (χ0n) is 12.8. The van der Waals surface area contributed by atoms with Gasteiger partial charge in [-0.15, -0.1) is 0 Å². The minimum Gasteiger partial charge on any atom is -0.317 e. The first-order valence-electron chi connectivity index (χ1n) is 8.13. The van der Waals surface area contributed by atoms with Crippen molar-refractivity contribution >= 4 is 0 Å². The van der Waals surface area contributed by atoms with Crippen molar-refractivity contribution in [1.29, 1.82) is 0 Å². The molecule has 1 unspecified atom stereocenters. The molecule has 1 aliphatic heterocycles. The fourth-order valence-electron chi connectivity index (χ4n) is 2.86. The van der Waals surface area contributed by atoms with Gasteiger partial charge in [0.15, 0.2) is 0 Å². The second-order valence-corrected chi connectivity index (χ2v) is 5.26. The summed E-state index contributed by atoms with van der Waals surface area (Å²) in [5.41, 5.74) is 0. The van der Waals surface area contributed by atoms with Gasteiger partial charge >= 0.3 is 0 Å². The summed E-state index contributed by atoms with van der Waals surface area (Å²) in [6.45, 7) is 8.48. The highest BCUT2D eigenvalue weighted by Gasteiger charge is 2.14. The van der Waals surface area contributed by atoms with Crippen molar-refractivity contribution < 1.29 is 4.39 Å². The number of piperidine rings is 1. The normalized spacial score (nSPS) is 18.0. The molecule has 0 aromatic rings. The largest absolute Gasteiger partial charge is 0.317 e. The molecule has 110 valence electrons. The molecule has 1 heterocycles. The predicted octanol–water partition coefficient (Wildman–Crippen LogP) is 4.96. The molecule has 0 aromatic heterocycles. The average Bonchev–Trinajstić information content (AvgIpc) is 2.43. The second-order valence-electron chi connectivity index (χ2n) is 5.26. The van der Waals surface area contributed by atoms with E-state index >= 15 is 0 Å². The molecule has 1 saturated heterocycles. The molecule has 0 saturated carbocycles. The van der Waals surface area contributed by atoms with E-state index in [2.05, 4.69) is 12.2 Å². The lowest BCUT2D eigenvalue weighted by molar-refractivity contribution is 0.306. The highest BCUT2D eigenvalue weighted by Crippen LogP contribution is 2.23. The lowest BCUT2D eigenvalue weighted by Gasteiger charge is -2.23. The summed E-state index contributed by atoms with van der Waals surface area (Å²) in [5.74, 6) is 1.59. The number of nitrogens with one attached hydrogen (secondary N) is 1. The molecule has 0 amide bonds. The van der Waals surface area contributed by atoms with E-state index in [0.29, 0.717) is 5.92 Å². The van der Waals surface area contributed by atoms with Crippen LogP contribution in [0.2, 0.25) is 0 Å². The lowest BCUT2D eigenvalue weighted by Crippen LogP contribution is -2.27. The SMILES string of the molecule is CC.CCCC(CCF)CCCC1CCNCC1. The molecule has 1 atom stereocenters. The Morgan fingerprint density at radius 3 is 2.33 bits per heavy atom. The zero-order valence-corrected chi connectivity index (χ0v) is 12.8. The van der Waals surface area contributed by atoms with Gasteiger partial charge in [-0.2, -0.15) is 0 Å². The Labute approximate surface area is 114 Å². The third kappa shape index (κ3) is 8.91. The van der Waals surface area contributed by atoms with Crippen LogP contribution in [-0.4, -0.2) is 19.8 Å².